The molecule has 1 heterocycles. The van der Waals surface area contributed by atoms with Crippen molar-refractivity contribution in [2.24, 2.45) is 11.8 Å². The molecule has 0 bridgehead atoms. The maximum absolute atomic E-state index is 6.25. The maximum atomic E-state index is 6.25. The highest BCUT2D eigenvalue weighted by atomic mass is 16.5. The van der Waals surface area contributed by atoms with Crippen LogP contribution in [-0.4, -0.2) is 24.3 Å². The van der Waals surface area contributed by atoms with Crippen molar-refractivity contribution in [1.29, 1.82) is 0 Å². The fraction of sp³-hybridized carbons (Fsp3) is 1.00. The lowest BCUT2D eigenvalue weighted by molar-refractivity contribution is -0.0819. The SMILES string of the molecule is CNC1CCCC(C2CC(C)(C)OC2(C)C)C1. The molecule has 17 heavy (non-hydrogen) atoms. The van der Waals surface area contributed by atoms with E-state index < -0.39 is 0 Å². The summed E-state index contributed by atoms with van der Waals surface area (Å²) in [4.78, 5) is 0. The van der Waals surface area contributed by atoms with Gasteiger partial charge >= 0.3 is 0 Å². The molecule has 100 valence electrons. The lowest BCUT2D eigenvalue weighted by atomic mass is 9.70. The van der Waals surface area contributed by atoms with Gasteiger partial charge in [-0.25, -0.2) is 0 Å². The van der Waals surface area contributed by atoms with Crippen molar-refractivity contribution >= 4 is 0 Å². The van der Waals surface area contributed by atoms with Crippen LogP contribution in [0.15, 0.2) is 0 Å². The first-order valence-electron chi connectivity index (χ1n) is 7.21. The molecule has 1 saturated carbocycles. The van der Waals surface area contributed by atoms with Crippen molar-refractivity contribution in [1.82, 2.24) is 5.32 Å². The Labute approximate surface area is 107 Å². The van der Waals surface area contributed by atoms with Gasteiger partial charge in [-0.1, -0.05) is 6.42 Å². The molecule has 2 nitrogen and oxygen atoms in total. The highest BCUT2D eigenvalue weighted by Gasteiger charge is 2.49. The molecule has 1 aliphatic carbocycles. The van der Waals surface area contributed by atoms with Crippen molar-refractivity contribution in [3.8, 4) is 0 Å². The minimum Gasteiger partial charge on any atom is -0.369 e. The lowest BCUT2D eigenvalue weighted by Gasteiger charge is -2.38. The summed E-state index contributed by atoms with van der Waals surface area (Å²) in [6, 6.07) is 0.730. The van der Waals surface area contributed by atoms with Crippen molar-refractivity contribution in [2.75, 3.05) is 7.05 Å². The Balaban J connectivity index is 2.06. The summed E-state index contributed by atoms with van der Waals surface area (Å²) in [7, 11) is 2.10. The average Bonchev–Trinajstić information content (AvgIpc) is 2.47. The van der Waals surface area contributed by atoms with Gasteiger partial charge in [-0.05, 0) is 72.3 Å². The molecule has 1 aliphatic heterocycles. The zero-order valence-corrected chi connectivity index (χ0v) is 12.2. The summed E-state index contributed by atoms with van der Waals surface area (Å²) in [5.74, 6) is 1.58. The average molecular weight is 239 g/mol. The van der Waals surface area contributed by atoms with Crippen LogP contribution in [0.5, 0.6) is 0 Å². The second-order valence-corrected chi connectivity index (χ2v) is 7.19. The zero-order valence-electron chi connectivity index (χ0n) is 12.2. The molecule has 2 heteroatoms. The van der Waals surface area contributed by atoms with E-state index in [1.54, 1.807) is 0 Å². The van der Waals surface area contributed by atoms with E-state index in [9.17, 15) is 0 Å². The van der Waals surface area contributed by atoms with E-state index in [0.717, 1.165) is 17.9 Å². The van der Waals surface area contributed by atoms with Crippen molar-refractivity contribution in [2.45, 2.75) is 77.0 Å². The molecule has 0 aromatic heterocycles. The standard InChI is InChI=1S/C15H29NO/c1-14(2)10-13(15(3,4)17-14)11-7-6-8-12(9-11)16-5/h11-13,16H,6-10H2,1-5H3. The van der Waals surface area contributed by atoms with E-state index in [0.29, 0.717) is 0 Å². The number of nitrogens with one attached hydrogen (secondary N) is 1. The van der Waals surface area contributed by atoms with Crippen molar-refractivity contribution in [3.63, 3.8) is 0 Å². The van der Waals surface area contributed by atoms with Crippen LogP contribution in [-0.2, 0) is 4.74 Å². The van der Waals surface area contributed by atoms with Gasteiger partial charge in [0.15, 0.2) is 0 Å². The van der Waals surface area contributed by atoms with Crippen LogP contribution in [0.3, 0.4) is 0 Å². The molecule has 1 saturated heterocycles. The Kier molecular flexibility index (Phi) is 3.57. The molecule has 0 aromatic rings. The van der Waals surface area contributed by atoms with Gasteiger partial charge in [0.1, 0.15) is 0 Å². The molecule has 2 fully saturated rings. The van der Waals surface area contributed by atoms with Gasteiger partial charge in [0.05, 0.1) is 11.2 Å². The molecule has 1 N–H and O–H groups in total. The number of hydrogen-bond acceptors (Lipinski definition) is 2. The Hall–Kier alpha value is -0.0800. The lowest BCUT2D eigenvalue weighted by Crippen LogP contribution is -2.39. The quantitative estimate of drug-likeness (QED) is 0.798. The fourth-order valence-electron chi connectivity index (χ4n) is 4.19. The van der Waals surface area contributed by atoms with Gasteiger partial charge in [-0.3, -0.25) is 0 Å². The molecule has 0 spiro atoms. The summed E-state index contributed by atoms with van der Waals surface area (Å²) in [6.07, 6.45) is 6.68. The van der Waals surface area contributed by atoms with Crippen LogP contribution in [0.2, 0.25) is 0 Å². The maximum Gasteiger partial charge on any atom is 0.0665 e. The van der Waals surface area contributed by atoms with Crippen LogP contribution in [0.4, 0.5) is 0 Å². The summed E-state index contributed by atoms with van der Waals surface area (Å²) >= 11 is 0. The third-order valence-electron chi connectivity index (χ3n) is 4.84. The molecular weight excluding hydrogens is 210 g/mol. The highest BCUT2D eigenvalue weighted by molar-refractivity contribution is 4.98. The van der Waals surface area contributed by atoms with E-state index >= 15 is 0 Å². The molecule has 2 aliphatic rings. The minimum absolute atomic E-state index is 0.0593. The van der Waals surface area contributed by atoms with E-state index in [4.69, 9.17) is 4.74 Å². The van der Waals surface area contributed by atoms with Gasteiger partial charge in [0.2, 0.25) is 0 Å². The van der Waals surface area contributed by atoms with Crippen LogP contribution >= 0.6 is 0 Å². The summed E-state index contributed by atoms with van der Waals surface area (Å²) in [6.45, 7) is 9.06. The van der Waals surface area contributed by atoms with Gasteiger partial charge in [-0.2, -0.15) is 0 Å². The predicted molar refractivity (Wildman–Crippen MR) is 72.2 cm³/mol. The molecule has 0 amide bonds. The van der Waals surface area contributed by atoms with Gasteiger partial charge < -0.3 is 10.1 Å². The Morgan fingerprint density at radius 3 is 2.35 bits per heavy atom. The number of hydrogen-bond donors (Lipinski definition) is 1. The van der Waals surface area contributed by atoms with Crippen LogP contribution < -0.4 is 5.32 Å². The summed E-state index contributed by atoms with van der Waals surface area (Å²) in [5, 5.41) is 3.46. The second-order valence-electron chi connectivity index (χ2n) is 7.19. The molecule has 2 rings (SSSR count). The Morgan fingerprint density at radius 1 is 1.12 bits per heavy atom. The van der Waals surface area contributed by atoms with E-state index in [1.807, 2.05) is 0 Å². The zero-order chi connectivity index (χ0) is 12.7. The highest BCUT2D eigenvalue weighted by Crippen LogP contribution is 2.48. The third-order valence-corrected chi connectivity index (χ3v) is 4.84. The first kappa shape index (κ1) is 13.4. The van der Waals surface area contributed by atoms with Gasteiger partial charge in [0, 0.05) is 6.04 Å². The van der Waals surface area contributed by atoms with Crippen molar-refractivity contribution in [3.05, 3.63) is 0 Å². The second kappa shape index (κ2) is 4.55. The Bertz CT molecular complexity index is 272. The van der Waals surface area contributed by atoms with E-state index in [2.05, 4.69) is 40.1 Å². The van der Waals surface area contributed by atoms with Crippen molar-refractivity contribution < 1.29 is 4.74 Å². The molecule has 3 unspecified atom stereocenters. The number of rotatable bonds is 2. The smallest absolute Gasteiger partial charge is 0.0665 e. The van der Waals surface area contributed by atoms with Crippen LogP contribution in [0, 0.1) is 11.8 Å². The monoisotopic (exact) mass is 239 g/mol. The normalized spacial score (nSPS) is 40.4. The fourth-order valence-corrected chi connectivity index (χ4v) is 4.19. The van der Waals surface area contributed by atoms with Gasteiger partial charge in [0.25, 0.3) is 0 Å². The molecule has 3 atom stereocenters. The Morgan fingerprint density at radius 2 is 1.82 bits per heavy atom. The topological polar surface area (TPSA) is 21.3 Å². The summed E-state index contributed by atoms with van der Waals surface area (Å²) < 4.78 is 6.25. The van der Waals surface area contributed by atoms with Crippen LogP contribution in [0.25, 0.3) is 0 Å². The third kappa shape index (κ3) is 2.85. The molecular formula is C15H29NO. The first-order valence-corrected chi connectivity index (χ1v) is 7.21. The largest absolute Gasteiger partial charge is 0.369 e. The number of ether oxygens (including phenoxy) is 1. The van der Waals surface area contributed by atoms with Crippen LogP contribution in [0.1, 0.15) is 59.8 Å². The first-order chi connectivity index (χ1) is 7.84. The van der Waals surface area contributed by atoms with Gasteiger partial charge in [-0.15, -0.1) is 0 Å². The minimum atomic E-state index is 0.0593. The summed E-state index contributed by atoms with van der Waals surface area (Å²) in [5.41, 5.74) is 0.130. The predicted octanol–water partition coefficient (Wildman–Crippen LogP) is 3.36. The molecule has 0 aromatic carbocycles. The van der Waals surface area contributed by atoms with E-state index in [-0.39, 0.29) is 11.2 Å². The van der Waals surface area contributed by atoms with E-state index in [1.165, 1.54) is 32.1 Å². The molecule has 0 radical (unpaired) electrons.